The Hall–Kier alpha value is -3.40. The summed E-state index contributed by atoms with van der Waals surface area (Å²) in [7, 11) is 5.39. The molecular weight excluding hydrogens is 458 g/mol. The summed E-state index contributed by atoms with van der Waals surface area (Å²) in [6.07, 6.45) is 8.06. The highest BCUT2D eigenvalue weighted by Crippen LogP contribution is 2.36. The molecule has 2 amide bonds. The lowest BCUT2D eigenvalue weighted by Gasteiger charge is -2.36. The van der Waals surface area contributed by atoms with Crippen molar-refractivity contribution in [1.29, 1.82) is 0 Å². The van der Waals surface area contributed by atoms with Crippen molar-refractivity contribution < 1.29 is 14.3 Å². The van der Waals surface area contributed by atoms with Gasteiger partial charge in [-0.05, 0) is 38.1 Å². The van der Waals surface area contributed by atoms with E-state index in [2.05, 4.69) is 25.4 Å². The molecule has 1 aromatic carbocycles. The van der Waals surface area contributed by atoms with E-state index in [-0.39, 0.29) is 17.9 Å². The quantitative estimate of drug-likeness (QED) is 0.633. The second kappa shape index (κ2) is 10.3. The molecular formula is C26H35N7O3. The standard InChI is InChI=1S/C26H35N7O3/c1-31-15-18(16-31)28-25(35)17-9-10-20(22(13-17)36-3)29-26-27-14-21-24(30-26)33(12-11-23(34)32(21)2)19-7-5-4-6-8-19/h9-10,13-14,18-19H,4-8,11-12,15-16H2,1-3H3,(H,28,35)(H,27,29,30). The van der Waals surface area contributed by atoms with Gasteiger partial charge in [0.15, 0.2) is 5.82 Å². The fourth-order valence-corrected chi connectivity index (χ4v) is 5.36. The molecule has 1 aliphatic carbocycles. The van der Waals surface area contributed by atoms with Gasteiger partial charge in [-0.1, -0.05) is 19.3 Å². The number of methoxy groups -OCH3 is 1. The number of fused-ring (bicyclic) bond motifs is 1. The van der Waals surface area contributed by atoms with E-state index in [0.717, 1.165) is 37.4 Å². The molecule has 10 nitrogen and oxygen atoms in total. The minimum atomic E-state index is -0.116. The summed E-state index contributed by atoms with van der Waals surface area (Å²) in [5, 5.41) is 6.31. The number of carbonyl (C=O) groups excluding carboxylic acids is 2. The van der Waals surface area contributed by atoms with Crippen LogP contribution in [0.4, 0.5) is 23.1 Å². The zero-order chi connectivity index (χ0) is 25.2. The van der Waals surface area contributed by atoms with Crippen LogP contribution in [-0.2, 0) is 4.79 Å². The number of amides is 2. The van der Waals surface area contributed by atoms with Gasteiger partial charge in [0.25, 0.3) is 5.91 Å². The van der Waals surface area contributed by atoms with Crippen LogP contribution in [0.3, 0.4) is 0 Å². The average Bonchev–Trinajstić information content (AvgIpc) is 2.99. The number of aromatic nitrogens is 2. The van der Waals surface area contributed by atoms with Gasteiger partial charge in [0.1, 0.15) is 11.4 Å². The normalized spacial score (nSPS) is 19.4. The molecule has 3 heterocycles. The number of likely N-dealkylation sites (tertiary alicyclic amines) is 1. The van der Waals surface area contributed by atoms with Crippen molar-refractivity contribution in [2.24, 2.45) is 0 Å². The van der Waals surface area contributed by atoms with Gasteiger partial charge in [0.05, 0.1) is 25.0 Å². The van der Waals surface area contributed by atoms with Gasteiger partial charge in [0.2, 0.25) is 11.9 Å². The summed E-state index contributed by atoms with van der Waals surface area (Å²) in [5.74, 6) is 1.69. The number of hydrogen-bond donors (Lipinski definition) is 2. The van der Waals surface area contributed by atoms with Crippen molar-refractivity contribution in [2.75, 3.05) is 56.0 Å². The second-order valence-electron chi connectivity index (χ2n) is 10.0. The van der Waals surface area contributed by atoms with Gasteiger partial charge in [-0.3, -0.25) is 9.59 Å². The second-order valence-corrected chi connectivity index (χ2v) is 10.0. The number of rotatable bonds is 6. The Morgan fingerprint density at radius 2 is 1.92 bits per heavy atom. The van der Waals surface area contributed by atoms with E-state index < -0.39 is 0 Å². The van der Waals surface area contributed by atoms with Gasteiger partial charge in [-0.2, -0.15) is 4.98 Å². The molecule has 0 unspecified atom stereocenters. The maximum atomic E-state index is 12.7. The maximum absolute atomic E-state index is 12.7. The highest BCUT2D eigenvalue weighted by atomic mass is 16.5. The Labute approximate surface area is 212 Å². The maximum Gasteiger partial charge on any atom is 0.251 e. The van der Waals surface area contributed by atoms with Crippen molar-refractivity contribution in [3.05, 3.63) is 30.0 Å². The molecule has 10 heteroatoms. The molecule has 2 aliphatic heterocycles. The fraction of sp³-hybridized carbons (Fsp3) is 0.538. The van der Waals surface area contributed by atoms with Crippen molar-refractivity contribution in [2.45, 2.75) is 50.6 Å². The van der Waals surface area contributed by atoms with E-state index in [1.165, 1.54) is 19.3 Å². The summed E-state index contributed by atoms with van der Waals surface area (Å²) >= 11 is 0. The third-order valence-electron chi connectivity index (χ3n) is 7.45. The zero-order valence-corrected chi connectivity index (χ0v) is 21.3. The van der Waals surface area contributed by atoms with Gasteiger partial charge < -0.3 is 30.1 Å². The van der Waals surface area contributed by atoms with Crippen LogP contribution >= 0.6 is 0 Å². The summed E-state index contributed by atoms with van der Waals surface area (Å²) in [6.45, 7) is 2.37. The van der Waals surface area contributed by atoms with Gasteiger partial charge in [0, 0.05) is 44.7 Å². The van der Waals surface area contributed by atoms with E-state index in [9.17, 15) is 9.59 Å². The topological polar surface area (TPSA) is 103 Å². The molecule has 1 aromatic heterocycles. The summed E-state index contributed by atoms with van der Waals surface area (Å²) in [4.78, 5) is 40.8. The first-order chi connectivity index (χ1) is 17.4. The molecule has 0 bridgehead atoms. The van der Waals surface area contributed by atoms with Crippen LogP contribution in [0.1, 0.15) is 48.9 Å². The first kappa shape index (κ1) is 24.3. The summed E-state index contributed by atoms with van der Waals surface area (Å²) in [5.41, 5.74) is 1.94. The molecule has 1 saturated heterocycles. The zero-order valence-electron chi connectivity index (χ0n) is 21.3. The van der Waals surface area contributed by atoms with E-state index in [4.69, 9.17) is 9.72 Å². The molecule has 36 heavy (non-hydrogen) atoms. The Morgan fingerprint density at radius 1 is 1.14 bits per heavy atom. The largest absolute Gasteiger partial charge is 0.495 e. The monoisotopic (exact) mass is 493 g/mol. The number of ether oxygens (including phenoxy) is 1. The van der Waals surface area contributed by atoms with Crippen LogP contribution < -0.4 is 25.2 Å². The van der Waals surface area contributed by atoms with Crippen LogP contribution in [0.25, 0.3) is 0 Å². The van der Waals surface area contributed by atoms with Gasteiger partial charge in [-0.15, -0.1) is 0 Å². The van der Waals surface area contributed by atoms with Crippen molar-refractivity contribution in [3.63, 3.8) is 0 Å². The predicted molar refractivity (Wildman–Crippen MR) is 139 cm³/mol. The predicted octanol–water partition coefficient (Wildman–Crippen LogP) is 2.78. The van der Waals surface area contributed by atoms with E-state index in [1.807, 2.05) is 13.1 Å². The number of anilines is 4. The molecule has 0 radical (unpaired) electrons. The van der Waals surface area contributed by atoms with Crippen molar-refractivity contribution in [1.82, 2.24) is 20.2 Å². The van der Waals surface area contributed by atoms with Crippen molar-refractivity contribution >= 4 is 35.0 Å². The first-order valence-electron chi connectivity index (χ1n) is 12.8. The lowest BCUT2D eigenvalue weighted by molar-refractivity contribution is -0.118. The number of nitrogens with zero attached hydrogens (tertiary/aromatic N) is 5. The third-order valence-corrected chi connectivity index (χ3v) is 7.45. The minimum absolute atomic E-state index is 0.0722. The lowest BCUT2D eigenvalue weighted by Crippen LogP contribution is -2.57. The highest BCUT2D eigenvalue weighted by Gasteiger charge is 2.31. The summed E-state index contributed by atoms with van der Waals surface area (Å²) < 4.78 is 5.58. The molecule has 2 N–H and O–H groups in total. The molecule has 1 saturated carbocycles. The van der Waals surface area contributed by atoms with Gasteiger partial charge >= 0.3 is 0 Å². The smallest absolute Gasteiger partial charge is 0.251 e. The molecule has 0 spiro atoms. The van der Waals surface area contributed by atoms with Crippen LogP contribution in [0.2, 0.25) is 0 Å². The Kier molecular flexibility index (Phi) is 6.95. The van der Waals surface area contributed by atoms with Crippen LogP contribution in [0, 0.1) is 0 Å². The van der Waals surface area contributed by atoms with E-state index in [0.29, 0.717) is 42.0 Å². The highest BCUT2D eigenvalue weighted by molar-refractivity contribution is 5.97. The number of likely N-dealkylation sites (N-methyl/N-ethyl adjacent to an activating group) is 1. The Bertz CT molecular complexity index is 1130. The Balaban J connectivity index is 1.39. The van der Waals surface area contributed by atoms with Crippen LogP contribution in [-0.4, -0.2) is 79.6 Å². The Morgan fingerprint density at radius 3 is 2.64 bits per heavy atom. The minimum Gasteiger partial charge on any atom is -0.495 e. The molecule has 2 fully saturated rings. The number of hydrogen-bond acceptors (Lipinski definition) is 8. The van der Waals surface area contributed by atoms with Crippen molar-refractivity contribution in [3.8, 4) is 5.75 Å². The molecule has 5 rings (SSSR count). The number of benzene rings is 1. The summed E-state index contributed by atoms with van der Waals surface area (Å²) in [6, 6.07) is 5.86. The van der Waals surface area contributed by atoms with E-state index >= 15 is 0 Å². The SMILES string of the molecule is COc1cc(C(=O)NC2CN(C)C2)ccc1Nc1ncc2c(n1)N(C1CCCCC1)CCC(=O)N2C. The van der Waals surface area contributed by atoms with Crippen LogP contribution in [0.5, 0.6) is 5.75 Å². The van der Waals surface area contributed by atoms with E-state index in [1.54, 1.807) is 37.4 Å². The molecule has 0 atom stereocenters. The molecule has 192 valence electrons. The average molecular weight is 494 g/mol. The first-order valence-corrected chi connectivity index (χ1v) is 12.8. The fourth-order valence-electron chi connectivity index (χ4n) is 5.36. The lowest BCUT2D eigenvalue weighted by atomic mass is 9.94. The number of nitrogens with one attached hydrogen (secondary N) is 2. The number of carbonyl (C=O) groups is 2. The van der Waals surface area contributed by atoms with Gasteiger partial charge in [-0.25, -0.2) is 4.98 Å². The van der Waals surface area contributed by atoms with Crippen LogP contribution in [0.15, 0.2) is 24.4 Å². The third kappa shape index (κ3) is 4.95. The molecule has 2 aromatic rings. The molecule has 3 aliphatic rings.